The number of ketones is 1. The van der Waals surface area contributed by atoms with Crippen LogP contribution in [-0.2, 0) is 0 Å². The van der Waals surface area contributed by atoms with Gasteiger partial charge in [-0.25, -0.2) is 4.79 Å². The molecule has 0 bridgehead atoms. The fourth-order valence-corrected chi connectivity index (χ4v) is 3.85. The van der Waals surface area contributed by atoms with Crippen molar-refractivity contribution in [2.24, 2.45) is 0 Å². The lowest BCUT2D eigenvalue weighted by molar-refractivity contribution is 0.0808. The van der Waals surface area contributed by atoms with Crippen molar-refractivity contribution in [3.8, 4) is 5.75 Å². The number of carbonyl (C=O) groups excluding carboxylic acids is 1. The van der Waals surface area contributed by atoms with Crippen LogP contribution in [0.25, 0.3) is 11.0 Å². The van der Waals surface area contributed by atoms with Crippen LogP contribution in [0, 0.1) is 0 Å². The van der Waals surface area contributed by atoms with Gasteiger partial charge in [-0.05, 0) is 17.7 Å². The standard InChI is InChI=1S/C24H16O4/c25-21(16-11-5-2-6-12-16)23-19(15-9-3-1-4-10-15)20-22(28-23)17-13-7-8-14-18(17)27-24(20)26/h1-14,19,23H/t19-,23-/m0/s1. The van der Waals surface area contributed by atoms with Crippen LogP contribution < -0.4 is 10.4 Å². The van der Waals surface area contributed by atoms with Crippen molar-refractivity contribution in [3.63, 3.8) is 0 Å². The van der Waals surface area contributed by atoms with E-state index < -0.39 is 17.6 Å². The monoisotopic (exact) mass is 368 g/mol. The molecule has 0 saturated heterocycles. The molecule has 2 heterocycles. The Morgan fingerprint density at radius 3 is 2.18 bits per heavy atom. The molecule has 0 amide bonds. The Kier molecular flexibility index (Phi) is 3.83. The van der Waals surface area contributed by atoms with Gasteiger partial charge >= 0.3 is 5.63 Å². The number of hydrogen-bond acceptors (Lipinski definition) is 4. The Balaban J connectivity index is 1.74. The predicted octanol–water partition coefficient (Wildman–Crippen LogP) is 4.57. The van der Waals surface area contributed by atoms with E-state index in [1.54, 1.807) is 24.3 Å². The van der Waals surface area contributed by atoms with Gasteiger partial charge in [0.1, 0.15) is 11.3 Å². The Morgan fingerprint density at radius 2 is 1.43 bits per heavy atom. The maximum absolute atomic E-state index is 13.3. The van der Waals surface area contributed by atoms with E-state index in [4.69, 9.17) is 9.15 Å². The minimum Gasteiger partial charge on any atom is -0.480 e. The molecule has 0 radical (unpaired) electrons. The van der Waals surface area contributed by atoms with Crippen molar-refractivity contribution in [2.45, 2.75) is 12.0 Å². The van der Waals surface area contributed by atoms with Crippen LogP contribution in [0.15, 0.2) is 94.1 Å². The summed E-state index contributed by atoms with van der Waals surface area (Å²) in [4.78, 5) is 26.1. The summed E-state index contributed by atoms with van der Waals surface area (Å²) in [5.74, 6) is -0.242. The molecule has 0 saturated carbocycles. The van der Waals surface area contributed by atoms with Gasteiger partial charge in [0.2, 0.25) is 5.78 Å². The Hall–Kier alpha value is -3.66. The second-order valence-corrected chi connectivity index (χ2v) is 6.79. The van der Waals surface area contributed by atoms with Gasteiger partial charge in [0.15, 0.2) is 6.10 Å². The molecule has 4 nitrogen and oxygen atoms in total. The van der Waals surface area contributed by atoms with Gasteiger partial charge in [-0.3, -0.25) is 4.79 Å². The van der Waals surface area contributed by atoms with E-state index in [9.17, 15) is 9.59 Å². The summed E-state index contributed by atoms with van der Waals surface area (Å²) in [6.45, 7) is 0. The molecule has 1 aromatic heterocycles. The van der Waals surface area contributed by atoms with E-state index in [1.165, 1.54) is 0 Å². The summed E-state index contributed by atoms with van der Waals surface area (Å²) in [6, 6.07) is 25.7. The van der Waals surface area contributed by atoms with E-state index >= 15 is 0 Å². The minimum atomic E-state index is -0.825. The van der Waals surface area contributed by atoms with Crippen molar-refractivity contribution in [1.82, 2.24) is 0 Å². The SMILES string of the molecule is O=C(c1ccccc1)[C@H]1Oc2c(c(=O)oc3ccccc23)[C@@H]1c1ccccc1. The molecule has 1 aliphatic rings. The molecular formula is C24H16O4. The van der Waals surface area contributed by atoms with E-state index in [1.807, 2.05) is 60.7 Å². The van der Waals surface area contributed by atoms with Crippen LogP contribution in [0.1, 0.15) is 27.4 Å². The number of ether oxygens (including phenoxy) is 1. The van der Waals surface area contributed by atoms with Crippen LogP contribution in [0.3, 0.4) is 0 Å². The topological polar surface area (TPSA) is 56.5 Å². The van der Waals surface area contributed by atoms with Crippen molar-refractivity contribution >= 4 is 16.8 Å². The lowest BCUT2D eigenvalue weighted by Crippen LogP contribution is -2.31. The summed E-state index contributed by atoms with van der Waals surface area (Å²) >= 11 is 0. The van der Waals surface area contributed by atoms with Gasteiger partial charge in [0.25, 0.3) is 0 Å². The first kappa shape index (κ1) is 16.5. The second-order valence-electron chi connectivity index (χ2n) is 6.79. The molecule has 136 valence electrons. The van der Waals surface area contributed by atoms with Crippen molar-refractivity contribution in [3.05, 3.63) is 112 Å². The van der Waals surface area contributed by atoms with Crippen LogP contribution in [0.2, 0.25) is 0 Å². The Morgan fingerprint density at radius 1 is 0.786 bits per heavy atom. The average Bonchev–Trinajstić information content (AvgIpc) is 3.16. The summed E-state index contributed by atoms with van der Waals surface area (Å²) in [6.07, 6.45) is -0.825. The lowest BCUT2D eigenvalue weighted by Gasteiger charge is -2.18. The van der Waals surface area contributed by atoms with Gasteiger partial charge in [-0.1, -0.05) is 72.8 Å². The van der Waals surface area contributed by atoms with Gasteiger partial charge in [0, 0.05) is 5.56 Å². The molecular weight excluding hydrogens is 352 g/mol. The maximum Gasteiger partial charge on any atom is 0.344 e. The Labute approximate surface area is 161 Å². The van der Waals surface area contributed by atoms with E-state index in [0.717, 1.165) is 5.56 Å². The zero-order chi connectivity index (χ0) is 19.1. The summed E-state index contributed by atoms with van der Waals surface area (Å²) in [5.41, 5.74) is 1.78. The smallest absolute Gasteiger partial charge is 0.344 e. The summed E-state index contributed by atoms with van der Waals surface area (Å²) in [5, 5.41) is 0.696. The molecule has 2 atom stereocenters. The summed E-state index contributed by atoms with van der Waals surface area (Å²) in [7, 11) is 0. The first-order valence-corrected chi connectivity index (χ1v) is 9.10. The zero-order valence-electron chi connectivity index (χ0n) is 14.9. The third kappa shape index (κ3) is 2.54. The number of para-hydroxylation sites is 1. The largest absolute Gasteiger partial charge is 0.480 e. The van der Waals surface area contributed by atoms with Crippen molar-refractivity contribution in [2.75, 3.05) is 0 Å². The highest BCUT2D eigenvalue weighted by Crippen LogP contribution is 2.44. The molecule has 3 aromatic carbocycles. The van der Waals surface area contributed by atoms with Crippen LogP contribution in [-0.4, -0.2) is 11.9 Å². The molecule has 4 heteroatoms. The predicted molar refractivity (Wildman–Crippen MR) is 106 cm³/mol. The minimum absolute atomic E-state index is 0.158. The molecule has 0 spiro atoms. The molecule has 0 fully saturated rings. The number of rotatable bonds is 3. The van der Waals surface area contributed by atoms with E-state index in [2.05, 4.69) is 0 Å². The van der Waals surface area contributed by atoms with Crippen LogP contribution in [0.4, 0.5) is 0 Å². The second kappa shape index (κ2) is 6.50. The average molecular weight is 368 g/mol. The van der Waals surface area contributed by atoms with Crippen LogP contribution in [0.5, 0.6) is 5.75 Å². The Bertz CT molecular complexity index is 1230. The quantitative estimate of drug-likeness (QED) is 0.393. The van der Waals surface area contributed by atoms with Crippen LogP contribution >= 0.6 is 0 Å². The number of fused-ring (bicyclic) bond motifs is 3. The number of hydrogen-bond donors (Lipinski definition) is 0. The zero-order valence-corrected chi connectivity index (χ0v) is 14.9. The van der Waals surface area contributed by atoms with Gasteiger partial charge in [0.05, 0.1) is 16.9 Å². The fourth-order valence-electron chi connectivity index (χ4n) is 3.85. The molecule has 0 unspecified atom stereocenters. The van der Waals surface area contributed by atoms with Gasteiger partial charge in [-0.2, -0.15) is 0 Å². The molecule has 28 heavy (non-hydrogen) atoms. The molecule has 0 aliphatic carbocycles. The number of carbonyl (C=O) groups is 1. The highest BCUT2D eigenvalue weighted by Gasteiger charge is 2.44. The molecule has 5 rings (SSSR count). The third-order valence-corrected chi connectivity index (χ3v) is 5.13. The first-order valence-electron chi connectivity index (χ1n) is 9.10. The van der Waals surface area contributed by atoms with E-state index in [0.29, 0.717) is 27.8 Å². The van der Waals surface area contributed by atoms with E-state index in [-0.39, 0.29) is 5.78 Å². The molecule has 1 aliphatic heterocycles. The van der Waals surface area contributed by atoms with Gasteiger partial charge < -0.3 is 9.15 Å². The highest BCUT2D eigenvalue weighted by molar-refractivity contribution is 6.02. The molecule has 0 N–H and O–H groups in total. The maximum atomic E-state index is 13.3. The number of benzene rings is 3. The number of Topliss-reactive ketones (excluding diaryl/α,β-unsaturated/α-hetero) is 1. The first-order chi connectivity index (χ1) is 13.7. The third-order valence-electron chi connectivity index (χ3n) is 5.13. The lowest BCUT2D eigenvalue weighted by atomic mass is 9.85. The van der Waals surface area contributed by atoms with Crippen molar-refractivity contribution in [1.29, 1.82) is 0 Å². The van der Waals surface area contributed by atoms with Crippen molar-refractivity contribution < 1.29 is 13.9 Å². The molecule has 4 aromatic rings. The highest BCUT2D eigenvalue weighted by atomic mass is 16.5. The fraction of sp³-hybridized carbons (Fsp3) is 0.0833. The normalized spacial score (nSPS) is 17.9. The summed E-state index contributed by atoms with van der Waals surface area (Å²) < 4.78 is 11.7. The van der Waals surface area contributed by atoms with Gasteiger partial charge in [-0.15, -0.1) is 0 Å².